The van der Waals surface area contributed by atoms with Crippen LogP contribution in [0.15, 0.2) is 0 Å². The van der Waals surface area contributed by atoms with Crippen LogP contribution in [0, 0.1) is 0 Å². The zero-order valence-electron chi connectivity index (χ0n) is 6.38. The molecule has 3 atom stereocenters. The van der Waals surface area contributed by atoms with Crippen LogP contribution in [0.4, 0.5) is 0 Å². The Balaban J connectivity index is 2.15. The molecule has 60 valence electrons. The van der Waals surface area contributed by atoms with Crippen molar-refractivity contribution < 1.29 is 9.26 Å². The van der Waals surface area contributed by atoms with Gasteiger partial charge in [-0.3, -0.25) is 0 Å². The summed E-state index contributed by atoms with van der Waals surface area (Å²) in [5, 5.41) is 0. The van der Waals surface area contributed by atoms with Crippen LogP contribution in [0.2, 0.25) is 0 Å². The van der Waals surface area contributed by atoms with Gasteiger partial charge in [0.2, 0.25) is 0 Å². The fourth-order valence-corrected chi connectivity index (χ4v) is 1.52. The van der Waals surface area contributed by atoms with Crippen molar-refractivity contribution in [3.63, 3.8) is 0 Å². The van der Waals surface area contributed by atoms with E-state index < -0.39 is 0 Å². The number of hydrogen-bond acceptors (Lipinski definition) is 2. The van der Waals surface area contributed by atoms with E-state index in [9.17, 15) is 0 Å². The molecule has 1 aliphatic heterocycles. The van der Waals surface area contributed by atoms with Crippen LogP contribution in [0.3, 0.4) is 0 Å². The number of ether oxygens (including phenoxy) is 1. The molecule has 1 heterocycles. The standard InChI is InChI=1S/C7H15O2P/c1-2-6-3-4-7(9-6)5-8-10/h6-7H,2-5,10H2,1H3/t6-,7?/m0/s1. The summed E-state index contributed by atoms with van der Waals surface area (Å²) in [6, 6.07) is 0. The minimum absolute atomic E-state index is 0.349. The molecule has 2 unspecified atom stereocenters. The smallest absolute Gasteiger partial charge is 0.0816 e. The Kier molecular flexibility index (Phi) is 3.61. The fourth-order valence-electron chi connectivity index (χ4n) is 1.31. The van der Waals surface area contributed by atoms with Crippen molar-refractivity contribution in [3.8, 4) is 0 Å². The molecule has 1 saturated heterocycles. The van der Waals surface area contributed by atoms with Crippen molar-refractivity contribution in [1.29, 1.82) is 0 Å². The van der Waals surface area contributed by atoms with E-state index in [1.54, 1.807) is 0 Å². The Morgan fingerprint density at radius 1 is 1.50 bits per heavy atom. The largest absolute Gasteiger partial charge is 0.373 e. The molecule has 0 saturated carbocycles. The first-order chi connectivity index (χ1) is 4.86. The zero-order valence-corrected chi connectivity index (χ0v) is 7.53. The second-order valence-electron chi connectivity index (χ2n) is 2.70. The lowest BCUT2D eigenvalue weighted by molar-refractivity contribution is 0.0206. The van der Waals surface area contributed by atoms with Gasteiger partial charge in [-0.2, -0.15) is 0 Å². The molecule has 0 amide bonds. The molecule has 0 radical (unpaired) electrons. The maximum absolute atomic E-state index is 5.61. The quantitative estimate of drug-likeness (QED) is 0.588. The van der Waals surface area contributed by atoms with E-state index in [2.05, 4.69) is 16.4 Å². The molecule has 0 spiro atoms. The van der Waals surface area contributed by atoms with Crippen LogP contribution < -0.4 is 0 Å². The molecule has 3 heteroatoms. The molecule has 0 aromatic heterocycles. The Labute approximate surface area is 64.6 Å². The van der Waals surface area contributed by atoms with Gasteiger partial charge in [0.1, 0.15) is 0 Å². The Bertz CT molecular complexity index is 97.6. The molecule has 1 aliphatic rings. The number of rotatable bonds is 3. The van der Waals surface area contributed by atoms with Crippen molar-refractivity contribution in [2.45, 2.75) is 38.4 Å². The third-order valence-corrected chi connectivity index (χ3v) is 2.13. The maximum Gasteiger partial charge on any atom is 0.0816 e. The molecule has 1 rings (SSSR count). The SMILES string of the molecule is CC[C@H]1CCC(COP)O1. The van der Waals surface area contributed by atoms with Gasteiger partial charge >= 0.3 is 0 Å². The predicted molar refractivity (Wildman–Crippen MR) is 43.8 cm³/mol. The summed E-state index contributed by atoms with van der Waals surface area (Å²) in [6.45, 7) is 2.88. The highest BCUT2D eigenvalue weighted by atomic mass is 31.0. The van der Waals surface area contributed by atoms with Crippen LogP contribution in [0.5, 0.6) is 0 Å². The van der Waals surface area contributed by atoms with Gasteiger partial charge in [0, 0.05) is 9.47 Å². The third-order valence-electron chi connectivity index (χ3n) is 1.93. The normalized spacial score (nSPS) is 33.0. The highest BCUT2D eigenvalue weighted by Crippen LogP contribution is 2.22. The van der Waals surface area contributed by atoms with Gasteiger partial charge in [0.15, 0.2) is 0 Å². The van der Waals surface area contributed by atoms with Crippen LogP contribution in [0.1, 0.15) is 26.2 Å². The molecule has 0 aromatic rings. The molecule has 1 fully saturated rings. The van der Waals surface area contributed by atoms with Gasteiger partial charge in [-0.1, -0.05) is 6.92 Å². The fraction of sp³-hybridized carbons (Fsp3) is 1.00. The highest BCUT2D eigenvalue weighted by Gasteiger charge is 2.23. The molecular formula is C7H15O2P. The summed E-state index contributed by atoms with van der Waals surface area (Å²) in [5.74, 6) is 0. The molecule has 0 N–H and O–H groups in total. The maximum atomic E-state index is 5.61. The minimum Gasteiger partial charge on any atom is -0.373 e. The lowest BCUT2D eigenvalue weighted by Crippen LogP contribution is -2.14. The molecule has 2 nitrogen and oxygen atoms in total. The summed E-state index contributed by atoms with van der Waals surface area (Å²) in [4.78, 5) is 0. The Morgan fingerprint density at radius 2 is 2.20 bits per heavy atom. The molecule has 10 heavy (non-hydrogen) atoms. The lowest BCUT2D eigenvalue weighted by atomic mass is 10.2. The van der Waals surface area contributed by atoms with E-state index in [-0.39, 0.29) is 0 Å². The first kappa shape index (κ1) is 8.45. The third kappa shape index (κ3) is 2.19. The van der Waals surface area contributed by atoms with E-state index in [4.69, 9.17) is 9.26 Å². The minimum atomic E-state index is 0.349. The average Bonchev–Trinajstić information content (AvgIpc) is 2.37. The second-order valence-corrected chi connectivity index (χ2v) is 3.03. The zero-order chi connectivity index (χ0) is 7.40. The van der Waals surface area contributed by atoms with Gasteiger partial charge in [0.25, 0.3) is 0 Å². The van der Waals surface area contributed by atoms with E-state index in [0.29, 0.717) is 12.2 Å². The summed E-state index contributed by atoms with van der Waals surface area (Å²) in [6.07, 6.45) is 4.34. The Hall–Kier alpha value is 0.350. The Morgan fingerprint density at radius 3 is 2.70 bits per heavy atom. The van der Waals surface area contributed by atoms with Crippen molar-refractivity contribution in [2.24, 2.45) is 0 Å². The summed E-state index contributed by atoms with van der Waals surface area (Å²) >= 11 is 0. The molecule has 0 bridgehead atoms. The predicted octanol–water partition coefficient (Wildman–Crippen LogP) is 1.75. The van der Waals surface area contributed by atoms with Gasteiger partial charge in [-0.25, -0.2) is 0 Å². The van der Waals surface area contributed by atoms with Crippen LogP contribution in [-0.2, 0) is 9.26 Å². The van der Waals surface area contributed by atoms with Crippen molar-refractivity contribution in [2.75, 3.05) is 6.61 Å². The average molecular weight is 162 g/mol. The van der Waals surface area contributed by atoms with E-state index in [1.165, 1.54) is 6.42 Å². The van der Waals surface area contributed by atoms with Crippen LogP contribution in [-0.4, -0.2) is 18.8 Å². The lowest BCUT2D eigenvalue weighted by Gasteiger charge is -2.10. The topological polar surface area (TPSA) is 18.5 Å². The molecule has 0 aliphatic carbocycles. The van der Waals surface area contributed by atoms with Crippen molar-refractivity contribution >= 4 is 9.47 Å². The summed E-state index contributed by atoms with van der Waals surface area (Å²) in [5.41, 5.74) is 0. The van der Waals surface area contributed by atoms with Crippen molar-refractivity contribution in [3.05, 3.63) is 0 Å². The van der Waals surface area contributed by atoms with Crippen LogP contribution >= 0.6 is 9.47 Å². The van der Waals surface area contributed by atoms with Gasteiger partial charge in [-0.15, -0.1) is 0 Å². The van der Waals surface area contributed by atoms with Crippen molar-refractivity contribution in [1.82, 2.24) is 0 Å². The molecule has 0 aromatic carbocycles. The second kappa shape index (κ2) is 4.27. The van der Waals surface area contributed by atoms with E-state index in [0.717, 1.165) is 19.4 Å². The van der Waals surface area contributed by atoms with E-state index in [1.807, 2.05) is 0 Å². The summed E-state index contributed by atoms with van der Waals surface area (Å²) < 4.78 is 10.5. The first-order valence-electron chi connectivity index (χ1n) is 3.84. The highest BCUT2D eigenvalue weighted by molar-refractivity contribution is 7.09. The monoisotopic (exact) mass is 162 g/mol. The van der Waals surface area contributed by atoms with Crippen LogP contribution in [0.25, 0.3) is 0 Å². The van der Waals surface area contributed by atoms with Gasteiger partial charge < -0.3 is 9.26 Å². The van der Waals surface area contributed by atoms with E-state index >= 15 is 0 Å². The molecular weight excluding hydrogens is 147 g/mol. The van der Waals surface area contributed by atoms with Gasteiger partial charge in [-0.05, 0) is 19.3 Å². The first-order valence-corrected chi connectivity index (χ1v) is 4.31. The van der Waals surface area contributed by atoms with Gasteiger partial charge in [0.05, 0.1) is 18.8 Å². The summed E-state index contributed by atoms with van der Waals surface area (Å²) in [7, 11) is 2.26. The number of hydrogen-bond donors (Lipinski definition) is 0.